The first-order valence-corrected chi connectivity index (χ1v) is 11.7. The van der Waals surface area contributed by atoms with E-state index in [0.717, 1.165) is 11.1 Å². The maximum absolute atomic E-state index is 13.4. The first-order chi connectivity index (χ1) is 13.8. The minimum Gasteiger partial charge on any atom is -0.395 e. The number of rotatable bonds is 6. The predicted molar refractivity (Wildman–Crippen MR) is 108 cm³/mol. The van der Waals surface area contributed by atoms with Crippen molar-refractivity contribution in [2.75, 3.05) is 0 Å². The second kappa shape index (κ2) is 7.60. The van der Waals surface area contributed by atoms with Crippen LogP contribution < -0.4 is 18.1 Å². The van der Waals surface area contributed by atoms with Gasteiger partial charge in [-0.1, -0.05) is 47.5 Å². The van der Waals surface area contributed by atoms with Gasteiger partial charge in [0.1, 0.15) is 11.5 Å². The number of para-hydroxylation sites is 2. The molecule has 4 rings (SSSR count). The van der Waals surface area contributed by atoms with Crippen LogP contribution >= 0.6 is 15.6 Å². The summed E-state index contributed by atoms with van der Waals surface area (Å²) in [5.41, 5.74) is 1.97. The van der Waals surface area contributed by atoms with Gasteiger partial charge in [0.15, 0.2) is 11.5 Å². The van der Waals surface area contributed by atoms with Crippen molar-refractivity contribution in [1.29, 1.82) is 0 Å². The lowest BCUT2D eigenvalue weighted by atomic mass is 10.2. The van der Waals surface area contributed by atoms with Crippen LogP contribution in [0.2, 0.25) is 0 Å². The van der Waals surface area contributed by atoms with Crippen molar-refractivity contribution in [2.24, 2.45) is 0 Å². The van der Waals surface area contributed by atoms with E-state index >= 15 is 0 Å². The molecule has 0 spiro atoms. The van der Waals surface area contributed by atoms with Gasteiger partial charge in [-0.25, -0.2) is 9.13 Å². The summed E-state index contributed by atoms with van der Waals surface area (Å²) in [5.74, 6) is 0.866. The summed E-state index contributed by atoms with van der Waals surface area (Å²) in [6, 6.07) is 20.0. The van der Waals surface area contributed by atoms with E-state index in [9.17, 15) is 9.13 Å². The molecular weight excluding hydrogens is 414 g/mol. The van der Waals surface area contributed by atoms with Gasteiger partial charge in [-0.05, 0) is 50.2 Å². The van der Waals surface area contributed by atoms with E-state index in [2.05, 4.69) is 0 Å². The number of benzene rings is 3. The van der Waals surface area contributed by atoms with Crippen molar-refractivity contribution < 1.29 is 31.5 Å². The van der Waals surface area contributed by atoms with E-state index in [-0.39, 0.29) is 23.0 Å². The maximum Gasteiger partial charge on any atom is 0.598 e. The minimum absolute atomic E-state index is 0.216. The minimum atomic E-state index is -4.45. The molecule has 1 aliphatic heterocycles. The summed E-state index contributed by atoms with van der Waals surface area (Å²) in [4.78, 5) is 0. The van der Waals surface area contributed by atoms with Crippen LogP contribution in [-0.2, 0) is 13.4 Å². The van der Waals surface area contributed by atoms with Crippen LogP contribution in [0.3, 0.4) is 0 Å². The molecule has 1 aliphatic rings. The van der Waals surface area contributed by atoms with Crippen LogP contribution in [0.5, 0.6) is 23.0 Å². The highest BCUT2D eigenvalue weighted by molar-refractivity contribution is 7.63. The molecule has 3 aromatic rings. The van der Waals surface area contributed by atoms with Gasteiger partial charge in [0, 0.05) is 0 Å². The van der Waals surface area contributed by atoms with Crippen LogP contribution in [0.1, 0.15) is 11.1 Å². The Morgan fingerprint density at radius 3 is 1.55 bits per heavy atom. The Kier molecular flexibility index (Phi) is 5.13. The summed E-state index contributed by atoms with van der Waals surface area (Å²) in [5, 5.41) is 0. The van der Waals surface area contributed by atoms with Crippen LogP contribution in [-0.4, -0.2) is 0 Å². The molecule has 0 bridgehead atoms. The van der Waals surface area contributed by atoms with Crippen LogP contribution in [0.15, 0.2) is 72.8 Å². The molecule has 0 saturated carbocycles. The van der Waals surface area contributed by atoms with E-state index in [0.29, 0.717) is 0 Å². The highest BCUT2D eigenvalue weighted by atomic mass is 31.3. The first-order valence-electron chi connectivity index (χ1n) is 8.75. The van der Waals surface area contributed by atoms with Gasteiger partial charge in [-0.3, -0.25) is 0 Å². The number of phosphoric acid groups is 2. The van der Waals surface area contributed by atoms with Gasteiger partial charge in [0.05, 0.1) is 0 Å². The molecule has 0 saturated heterocycles. The molecule has 0 unspecified atom stereocenters. The Hall–Kier alpha value is -2.72. The monoisotopic (exact) mass is 432 g/mol. The fourth-order valence-corrected chi connectivity index (χ4v) is 5.66. The fourth-order valence-electron chi connectivity index (χ4n) is 2.52. The van der Waals surface area contributed by atoms with E-state index in [4.69, 9.17) is 22.4 Å². The molecule has 0 amide bonds. The normalized spacial score (nSPS) is 14.4. The number of phosphoric ester groups is 2. The molecule has 0 aromatic heterocycles. The smallest absolute Gasteiger partial charge is 0.395 e. The third-order valence-corrected chi connectivity index (χ3v) is 7.26. The number of hydrogen-bond acceptors (Lipinski definition) is 7. The SMILES string of the molecule is Cc1ccc(OP(=O)(Oc2ccc(C)cc2)OP2(=O)Oc3ccccc3O2)cc1. The average molecular weight is 432 g/mol. The van der Waals surface area contributed by atoms with Crippen molar-refractivity contribution in [2.45, 2.75) is 13.8 Å². The van der Waals surface area contributed by atoms with Crippen LogP contribution in [0, 0.1) is 13.8 Å². The molecule has 29 heavy (non-hydrogen) atoms. The Morgan fingerprint density at radius 2 is 1.14 bits per heavy atom. The fraction of sp³-hybridized carbons (Fsp3) is 0.100. The van der Waals surface area contributed by atoms with Gasteiger partial charge in [0.25, 0.3) is 0 Å². The average Bonchev–Trinajstić information content (AvgIpc) is 3.00. The van der Waals surface area contributed by atoms with Crippen molar-refractivity contribution >= 4 is 15.6 Å². The van der Waals surface area contributed by atoms with E-state index in [1.165, 1.54) is 0 Å². The zero-order valence-electron chi connectivity index (χ0n) is 15.7. The summed E-state index contributed by atoms with van der Waals surface area (Å²) in [7, 11) is -8.73. The third kappa shape index (κ3) is 4.65. The Bertz CT molecular complexity index is 1030. The second-order valence-electron chi connectivity index (χ2n) is 6.41. The quantitative estimate of drug-likeness (QED) is 0.413. The standard InChI is InChI=1S/C20H18O7P2/c1-15-7-11-17(12-8-15)23-28(21,24-18-13-9-16(2)10-14-18)27-29(22)25-19-5-3-4-6-20(19)26-29/h3-14H,1-2H3. The zero-order chi connectivity index (χ0) is 20.5. The third-order valence-electron chi connectivity index (χ3n) is 3.95. The zero-order valence-corrected chi connectivity index (χ0v) is 17.5. The largest absolute Gasteiger partial charge is 0.598 e. The molecule has 0 aliphatic carbocycles. The van der Waals surface area contributed by atoms with Crippen molar-refractivity contribution in [1.82, 2.24) is 0 Å². The summed E-state index contributed by atoms with van der Waals surface area (Å²) >= 11 is 0. The highest BCUT2D eigenvalue weighted by Crippen LogP contribution is 2.68. The van der Waals surface area contributed by atoms with Crippen LogP contribution in [0.25, 0.3) is 0 Å². The molecular formula is C20H18O7P2. The predicted octanol–water partition coefficient (Wildman–Crippen LogP) is 6.47. The Labute approximate surface area is 168 Å². The van der Waals surface area contributed by atoms with Gasteiger partial charge in [-0.2, -0.15) is 0 Å². The van der Waals surface area contributed by atoms with Crippen molar-refractivity contribution in [3.8, 4) is 23.0 Å². The lowest BCUT2D eigenvalue weighted by Crippen LogP contribution is -2.07. The van der Waals surface area contributed by atoms with Gasteiger partial charge in [-0.15, -0.1) is 4.31 Å². The molecule has 0 radical (unpaired) electrons. The van der Waals surface area contributed by atoms with E-state index in [1.807, 2.05) is 13.8 Å². The van der Waals surface area contributed by atoms with Gasteiger partial charge in [0.2, 0.25) is 0 Å². The van der Waals surface area contributed by atoms with Gasteiger partial charge < -0.3 is 18.1 Å². The summed E-state index contributed by atoms with van der Waals surface area (Å²) in [6.07, 6.45) is 0. The lowest BCUT2D eigenvalue weighted by molar-refractivity contribution is 0.257. The number of aryl methyl sites for hydroxylation is 2. The molecule has 3 aromatic carbocycles. The molecule has 9 heteroatoms. The maximum atomic E-state index is 13.4. The Balaban J connectivity index is 1.62. The number of fused-ring (bicyclic) bond motifs is 1. The van der Waals surface area contributed by atoms with E-state index in [1.54, 1.807) is 72.8 Å². The molecule has 150 valence electrons. The number of hydrogen-bond donors (Lipinski definition) is 0. The first kappa shape index (κ1) is 19.6. The summed E-state index contributed by atoms with van der Waals surface area (Å²) in [6.45, 7) is 3.80. The molecule has 7 nitrogen and oxygen atoms in total. The summed E-state index contributed by atoms with van der Waals surface area (Å²) < 4.78 is 53.2. The molecule has 1 heterocycles. The van der Waals surface area contributed by atoms with Crippen molar-refractivity contribution in [3.63, 3.8) is 0 Å². The van der Waals surface area contributed by atoms with Crippen molar-refractivity contribution in [3.05, 3.63) is 83.9 Å². The second-order valence-corrected chi connectivity index (χ2v) is 9.59. The van der Waals surface area contributed by atoms with E-state index < -0.39 is 15.6 Å². The Morgan fingerprint density at radius 1 is 0.724 bits per heavy atom. The van der Waals surface area contributed by atoms with Gasteiger partial charge >= 0.3 is 15.6 Å². The molecule has 0 fully saturated rings. The lowest BCUT2D eigenvalue weighted by Gasteiger charge is -2.20. The molecule has 0 N–H and O–H groups in total. The van der Waals surface area contributed by atoms with Crippen LogP contribution in [0.4, 0.5) is 0 Å². The topological polar surface area (TPSA) is 80.3 Å². The molecule has 0 atom stereocenters. The highest BCUT2D eigenvalue weighted by Gasteiger charge is 2.49.